The molecule has 0 amide bonds. The summed E-state index contributed by atoms with van der Waals surface area (Å²) in [6, 6.07) is 13.5. The fraction of sp³-hybridized carbons (Fsp3) is 0.200. The molecule has 0 unspecified atom stereocenters. The van der Waals surface area contributed by atoms with Crippen molar-refractivity contribution in [3.8, 4) is 11.5 Å². The maximum atomic E-state index is 12.2. The molecule has 0 fully saturated rings. The largest absolute Gasteiger partial charge is 0.459 e. The molecule has 0 saturated carbocycles. The Kier molecular flexibility index (Phi) is 6.68. The third kappa shape index (κ3) is 5.90. The van der Waals surface area contributed by atoms with Crippen LogP contribution >= 0.6 is 11.6 Å². The minimum absolute atomic E-state index is 0.0320. The lowest BCUT2D eigenvalue weighted by Gasteiger charge is -2.07. The summed E-state index contributed by atoms with van der Waals surface area (Å²) in [6.45, 7) is 1.83. The molecular weight excluding hydrogens is 416 g/mol. The van der Waals surface area contributed by atoms with Crippen molar-refractivity contribution < 1.29 is 22.4 Å². The normalized spacial score (nSPS) is 11.4. The number of hydrogen-bond donors (Lipinski definition) is 1. The van der Waals surface area contributed by atoms with Crippen molar-refractivity contribution in [2.75, 3.05) is 6.54 Å². The first kappa shape index (κ1) is 21.0. The first-order valence-electron chi connectivity index (χ1n) is 8.76. The van der Waals surface area contributed by atoms with Crippen molar-refractivity contribution >= 4 is 27.6 Å². The number of aryl methyl sites for hydroxylation is 1. The van der Waals surface area contributed by atoms with Gasteiger partial charge in [-0.05, 0) is 37.3 Å². The first-order chi connectivity index (χ1) is 13.8. The summed E-state index contributed by atoms with van der Waals surface area (Å²) in [5.74, 6) is -0.121. The highest BCUT2D eigenvalue weighted by Crippen LogP contribution is 2.19. The van der Waals surface area contributed by atoms with Gasteiger partial charge in [-0.2, -0.15) is 0 Å². The van der Waals surface area contributed by atoms with Crippen LogP contribution in [0.5, 0.6) is 0 Å². The van der Waals surface area contributed by atoms with E-state index in [4.69, 9.17) is 20.8 Å². The number of esters is 1. The summed E-state index contributed by atoms with van der Waals surface area (Å²) in [4.78, 5) is 16.2. The van der Waals surface area contributed by atoms with Gasteiger partial charge in [0.1, 0.15) is 18.6 Å². The minimum atomic E-state index is -3.75. The van der Waals surface area contributed by atoms with Crippen molar-refractivity contribution in [3.63, 3.8) is 0 Å². The number of ether oxygens (including phenoxy) is 1. The van der Waals surface area contributed by atoms with Gasteiger partial charge in [-0.15, -0.1) is 0 Å². The molecule has 0 aliphatic rings. The number of hydrogen-bond acceptors (Lipinski definition) is 6. The molecule has 0 saturated heterocycles. The van der Waals surface area contributed by atoms with Gasteiger partial charge in [-0.3, -0.25) is 4.79 Å². The van der Waals surface area contributed by atoms with E-state index < -0.39 is 16.0 Å². The Labute approximate surface area is 173 Å². The van der Waals surface area contributed by atoms with Crippen molar-refractivity contribution in [1.82, 2.24) is 9.71 Å². The molecule has 1 aromatic heterocycles. The Hall–Kier alpha value is -2.68. The van der Waals surface area contributed by atoms with Gasteiger partial charge in [-0.25, -0.2) is 18.1 Å². The third-order valence-corrected chi connectivity index (χ3v) is 5.65. The predicted octanol–water partition coefficient (Wildman–Crippen LogP) is 3.72. The van der Waals surface area contributed by atoms with Crippen molar-refractivity contribution in [2.45, 2.75) is 24.8 Å². The Morgan fingerprint density at radius 1 is 1.21 bits per heavy atom. The second kappa shape index (κ2) is 9.21. The highest BCUT2D eigenvalue weighted by molar-refractivity contribution is 7.89. The van der Waals surface area contributed by atoms with E-state index in [1.54, 1.807) is 6.07 Å². The van der Waals surface area contributed by atoms with E-state index in [-0.39, 0.29) is 24.5 Å². The summed E-state index contributed by atoms with van der Waals surface area (Å²) in [5, 5.41) is 0.310. The molecule has 1 heterocycles. The zero-order chi connectivity index (χ0) is 20.9. The van der Waals surface area contributed by atoms with Crippen molar-refractivity contribution in [3.05, 3.63) is 71.1 Å². The van der Waals surface area contributed by atoms with E-state index >= 15 is 0 Å². The number of benzene rings is 2. The molecule has 29 heavy (non-hydrogen) atoms. The molecule has 2 aromatic carbocycles. The number of nitrogens with zero attached hydrogens (tertiary/aromatic N) is 1. The molecule has 152 valence electrons. The van der Waals surface area contributed by atoms with Crippen LogP contribution in [-0.2, 0) is 26.2 Å². The number of sulfonamides is 1. The zero-order valence-corrected chi connectivity index (χ0v) is 17.2. The van der Waals surface area contributed by atoms with Gasteiger partial charge < -0.3 is 9.15 Å². The smallest absolute Gasteiger partial charge is 0.307 e. The Morgan fingerprint density at radius 2 is 1.97 bits per heavy atom. The molecule has 1 N–H and O–H groups in total. The summed E-state index contributed by atoms with van der Waals surface area (Å²) in [6.07, 6.45) is 1.30. The van der Waals surface area contributed by atoms with Crippen LogP contribution < -0.4 is 4.72 Å². The van der Waals surface area contributed by atoms with E-state index in [1.807, 2.05) is 31.2 Å². The Morgan fingerprint density at radius 3 is 2.69 bits per heavy atom. The van der Waals surface area contributed by atoms with Crippen LogP contribution in [0.4, 0.5) is 0 Å². The van der Waals surface area contributed by atoms with Gasteiger partial charge in [-0.1, -0.05) is 35.4 Å². The van der Waals surface area contributed by atoms with E-state index in [9.17, 15) is 13.2 Å². The maximum absolute atomic E-state index is 12.2. The number of oxazole rings is 1. The van der Waals surface area contributed by atoms with E-state index in [2.05, 4.69) is 9.71 Å². The van der Waals surface area contributed by atoms with E-state index in [1.165, 1.54) is 24.5 Å². The lowest BCUT2D eigenvalue weighted by Crippen LogP contribution is -2.26. The fourth-order valence-electron chi connectivity index (χ4n) is 2.43. The summed E-state index contributed by atoms with van der Waals surface area (Å²) in [5.41, 5.74) is 2.41. The van der Waals surface area contributed by atoms with Crippen LogP contribution in [0.3, 0.4) is 0 Å². The molecule has 3 aromatic rings. The molecule has 7 nitrogen and oxygen atoms in total. The van der Waals surface area contributed by atoms with Crippen LogP contribution in [0.2, 0.25) is 5.02 Å². The van der Waals surface area contributed by atoms with Crippen LogP contribution in [0, 0.1) is 6.92 Å². The first-order valence-corrected chi connectivity index (χ1v) is 10.6. The number of aromatic nitrogens is 1. The molecule has 3 rings (SSSR count). The average molecular weight is 435 g/mol. The quantitative estimate of drug-likeness (QED) is 0.542. The number of carbonyl (C=O) groups is 1. The maximum Gasteiger partial charge on any atom is 0.307 e. The summed E-state index contributed by atoms with van der Waals surface area (Å²) < 4.78 is 37.2. The van der Waals surface area contributed by atoms with Gasteiger partial charge in [0, 0.05) is 17.1 Å². The SMILES string of the molecule is Cc1ccc(-c2nc(COC(=O)CCNS(=O)(=O)c3cccc(Cl)c3)co2)cc1. The van der Waals surface area contributed by atoms with Gasteiger partial charge in [0.2, 0.25) is 15.9 Å². The van der Waals surface area contributed by atoms with Crippen LogP contribution in [-0.4, -0.2) is 25.9 Å². The molecule has 0 aliphatic carbocycles. The van der Waals surface area contributed by atoms with E-state index in [0.717, 1.165) is 11.1 Å². The van der Waals surface area contributed by atoms with Crippen molar-refractivity contribution in [2.24, 2.45) is 0 Å². The summed E-state index contributed by atoms with van der Waals surface area (Å²) >= 11 is 5.80. The lowest BCUT2D eigenvalue weighted by molar-refractivity contribution is -0.144. The predicted molar refractivity (Wildman–Crippen MR) is 108 cm³/mol. The van der Waals surface area contributed by atoms with Gasteiger partial charge >= 0.3 is 5.97 Å². The number of carbonyl (C=O) groups excluding carboxylic acids is 1. The molecule has 9 heteroatoms. The monoisotopic (exact) mass is 434 g/mol. The molecule has 0 radical (unpaired) electrons. The topological polar surface area (TPSA) is 98.5 Å². The van der Waals surface area contributed by atoms with Gasteiger partial charge in [0.05, 0.1) is 11.3 Å². The standard InChI is InChI=1S/C20H19ClN2O5S/c1-14-5-7-15(8-6-14)20-23-17(13-28-20)12-27-19(24)9-10-22-29(25,26)18-4-2-3-16(21)11-18/h2-8,11,13,22H,9-10,12H2,1H3. The number of nitrogens with one attached hydrogen (secondary N) is 1. The highest BCUT2D eigenvalue weighted by Gasteiger charge is 2.15. The molecule has 0 bridgehead atoms. The second-order valence-corrected chi connectivity index (χ2v) is 8.48. The fourth-order valence-corrected chi connectivity index (χ4v) is 3.77. The Balaban J connectivity index is 1.46. The minimum Gasteiger partial charge on any atom is -0.459 e. The third-order valence-electron chi connectivity index (χ3n) is 3.96. The lowest BCUT2D eigenvalue weighted by atomic mass is 10.1. The van der Waals surface area contributed by atoms with Crippen LogP contribution in [0.15, 0.2) is 64.1 Å². The van der Waals surface area contributed by atoms with E-state index in [0.29, 0.717) is 16.6 Å². The van der Waals surface area contributed by atoms with Gasteiger partial charge in [0.25, 0.3) is 0 Å². The highest BCUT2D eigenvalue weighted by atomic mass is 35.5. The molecule has 0 aliphatic heterocycles. The Bertz CT molecular complexity index is 1090. The molecule has 0 atom stereocenters. The molecular formula is C20H19ClN2O5S. The van der Waals surface area contributed by atoms with Crippen LogP contribution in [0.25, 0.3) is 11.5 Å². The summed E-state index contributed by atoms with van der Waals surface area (Å²) in [7, 11) is -3.75. The van der Waals surface area contributed by atoms with Crippen LogP contribution in [0.1, 0.15) is 17.7 Å². The average Bonchev–Trinajstić information content (AvgIpc) is 3.16. The molecule has 0 spiro atoms. The zero-order valence-electron chi connectivity index (χ0n) is 15.6. The van der Waals surface area contributed by atoms with Gasteiger partial charge in [0.15, 0.2) is 0 Å². The van der Waals surface area contributed by atoms with Crippen molar-refractivity contribution in [1.29, 1.82) is 0 Å². The second-order valence-electron chi connectivity index (χ2n) is 6.28. The number of rotatable bonds is 8. The number of halogens is 1.